The molecule has 0 saturated carbocycles. The second-order valence-electron chi connectivity index (χ2n) is 5.61. The molecule has 0 aliphatic rings. The van der Waals surface area contributed by atoms with E-state index in [-0.39, 0.29) is 23.1 Å². The van der Waals surface area contributed by atoms with E-state index < -0.39 is 11.1 Å². The van der Waals surface area contributed by atoms with Gasteiger partial charge in [0, 0.05) is 6.07 Å². The predicted molar refractivity (Wildman–Crippen MR) is 93.9 cm³/mol. The summed E-state index contributed by atoms with van der Waals surface area (Å²) in [6.07, 6.45) is 0.514. The third-order valence-corrected chi connectivity index (χ3v) is 4.63. The van der Waals surface area contributed by atoms with E-state index in [0.29, 0.717) is 17.3 Å². The highest BCUT2D eigenvalue weighted by Crippen LogP contribution is 2.24. The van der Waals surface area contributed by atoms with Gasteiger partial charge in [-0.05, 0) is 24.5 Å². The van der Waals surface area contributed by atoms with Gasteiger partial charge in [-0.2, -0.15) is 0 Å². The van der Waals surface area contributed by atoms with Gasteiger partial charge >= 0.3 is 0 Å². The fourth-order valence-corrected chi connectivity index (χ4v) is 2.96. The maximum absolute atomic E-state index is 13.7. The van der Waals surface area contributed by atoms with Crippen LogP contribution >= 0.6 is 11.8 Å². The molecule has 0 spiro atoms. The lowest BCUT2D eigenvalue weighted by molar-refractivity contribution is -0.115. The van der Waals surface area contributed by atoms with Crippen LogP contribution in [0.25, 0.3) is 0 Å². The van der Waals surface area contributed by atoms with Crippen molar-refractivity contribution >= 4 is 23.4 Å². The van der Waals surface area contributed by atoms with Crippen molar-refractivity contribution < 1.29 is 9.18 Å². The molecule has 1 aromatic carbocycles. The second-order valence-corrected chi connectivity index (χ2v) is 6.81. The Hall–Kier alpha value is -2.15. The first-order valence-corrected chi connectivity index (χ1v) is 8.62. The number of H-pyrrole nitrogens is 1. The molecular weight excluding hydrogens is 329 g/mol. The summed E-state index contributed by atoms with van der Waals surface area (Å²) < 4.78 is 13.7. The number of nitrogens with one attached hydrogen (secondary N) is 2. The molecule has 1 aromatic heterocycles. The van der Waals surface area contributed by atoms with E-state index in [0.717, 1.165) is 0 Å². The van der Waals surface area contributed by atoms with Crippen molar-refractivity contribution in [3.05, 3.63) is 52.2 Å². The summed E-state index contributed by atoms with van der Waals surface area (Å²) in [6.45, 7) is 5.74. The number of aromatic amines is 1. The number of amides is 1. The number of hydrogen-bond acceptors (Lipinski definition) is 4. The molecule has 24 heavy (non-hydrogen) atoms. The number of hydrogen-bond donors (Lipinski definition) is 2. The van der Waals surface area contributed by atoms with Crippen LogP contribution in [0.4, 0.5) is 10.1 Å². The average Bonchev–Trinajstić information content (AvgIpc) is 2.54. The second kappa shape index (κ2) is 8.10. The van der Waals surface area contributed by atoms with Gasteiger partial charge in [-0.25, -0.2) is 9.37 Å². The van der Waals surface area contributed by atoms with Gasteiger partial charge in [-0.15, -0.1) is 0 Å². The topological polar surface area (TPSA) is 74.8 Å². The summed E-state index contributed by atoms with van der Waals surface area (Å²) in [4.78, 5) is 31.1. The minimum atomic E-state index is -0.491. The highest BCUT2D eigenvalue weighted by molar-refractivity contribution is 8.00. The van der Waals surface area contributed by atoms with Crippen LogP contribution < -0.4 is 10.9 Å². The zero-order valence-electron chi connectivity index (χ0n) is 13.8. The monoisotopic (exact) mass is 349 g/mol. The molecule has 0 fully saturated rings. The number of rotatable bonds is 6. The molecule has 128 valence electrons. The molecule has 0 radical (unpaired) electrons. The summed E-state index contributed by atoms with van der Waals surface area (Å²) in [5.74, 6) is -0.705. The predicted octanol–water partition coefficient (Wildman–Crippen LogP) is 3.54. The molecule has 2 N–H and O–H groups in total. The molecule has 5 nitrogen and oxygen atoms in total. The van der Waals surface area contributed by atoms with E-state index >= 15 is 0 Å². The fourth-order valence-electron chi connectivity index (χ4n) is 2.04. The molecule has 1 heterocycles. The molecule has 1 unspecified atom stereocenters. The van der Waals surface area contributed by atoms with Gasteiger partial charge in [0.1, 0.15) is 5.82 Å². The minimum Gasteiger partial charge on any atom is -0.323 e. The quantitative estimate of drug-likeness (QED) is 0.618. The third-order valence-electron chi connectivity index (χ3n) is 3.38. The van der Waals surface area contributed by atoms with Crippen LogP contribution in [0.15, 0.2) is 40.3 Å². The van der Waals surface area contributed by atoms with Gasteiger partial charge in [0.25, 0.3) is 5.56 Å². The number of carbonyl (C=O) groups excluding carboxylic acids is 1. The number of benzene rings is 1. The standard InChI is InChI=1S/C17H20FN3O2S/c1-4-14(16(23)19-12-8-6-5-7-11(12)18)24-17-20-13(10(2)3)9-15(22)21-17/h5-10,14H,4H2,1-3H3,(H,19,23)(H,20,21,22). The highest BCUT2D eigenvalue weighted by atomic mass is 32.2. The number of nitrogens with zero attached hydrogens (tertiary/aromatic N) is 1. The summed E-state index contributed by atoms with van der Waals surface area (Å²) in [6, 6.07) is 7.45. The number of aromatic nitrogens is 2. The van der Waals surface area contributed by atoms with Crippen LogP contribution in [0.2, 0.25) is 0 Å². The van der Waals surface area contributed by atoms with Crippen molar-refractivity contribution in [1.29, 1.82) is 0 Å². The summed E-state index contributed by atoms with van der Waals surface area (Å²) in [5, 5.41) is 2.48. The lowest BCUT2D eigenvalue weighted by atomic mass is 10.1. The van der Waals surface area contributed by atoms with Gasteiger partial charge in [0.2, 0.25) is 5.91 Å². The van der Waals surface area contributed by atoms with Gasteiger partial charge in [0.15, 0.2) is 5.16 Å². The molecule has 1 amide bonds. The first-order valence-electron chi connectivity index (χ1n) is 7.74. The normalized spacial score (nSPS) is 12.2. The van der Waals surface area contributed by atoms with Gasteiger partial charge in [-0.1, -0.05) is 44.7 Å². The molecule has 2 aromatic rings. The number of thioether (sulfide) groups is 1. The van der Waals surface area contributed by atoms with Crippen molar-refractivity contribution in [2.24, 2.45) is 0 Å². The Morgan fingerprint density at radius 1 is 1.38 bits per heavy atom. The van der Waals surface area contributed by atoms with Crippen molar-refractivity contribution in [2.45, 2.75) is 43.5 Å². The van der Waals surface area contributed by atoms with Crippen LogP contribution in [0.5, 0.6) is 0 Å². The Morgan fingerprint density at radius 3 is 2.71 bits per heavy atom. The van der Waals surface area contributed by atoms with Crippen LogP contribution in [0.1, 0.15) is 38.8 Å². The molecule has 0 bridgehead atoms. The molecule has 7 heteroatoms. The molecule has 1 atom stereocenters. The van der Waals surface area contributed by atoms with E-state index in [1.807, 2.05) is 20.8 Å². The molecule has 0 aliphatic heterocycles. The van der Waals surface area contributed by atoms with E-state index in [2.05, 4.69) is 15.3 Å². The van der Waals surface area contributed by atoms with Crippen LogP contribution in [-0.2, 0) is 4.79 Å². The molecule has 0 saturated heterocycles. The maximum Gasteiger partial charge on any atom is 0.251 e. The van der Waals surface area contributed by atoms with E-state index in [1.54, 1.807) is 12.1 Å². The Morgan fingerprint density at radius 2 is 2.08 bits per heavy atom. The Labute approximate surface area is 144 Å². The summed E-state index contributed by atoms with van der Waals surface area (Å²) >= 11 is 1.17. The van der Waals surface area contributed by atoms with Crippen molar-refractivity contribution in [2.75, 3.05) is 5.32 Å². The molecular formula is C17H20FN3O2S. The third kappa shape index (κ3) is 4.67. The van der Waals surface area contributed by atoms with E-state index in [9.17, 15) is 14.0 Å². The SMILES string of the molecule is CCC(Sc1nc(C(C)C)cc(=O)[nH]1)C(=O)Nc1ccccc1F. The van der Waals surface area contributed by atoms with E-state index in [1.165, 1.54) is 30.0 Å². The van der Waals surface area contributed by atoms with Crippen LogP contribution in [-0.4, -0.2) is 21.1 Å². The van der Waals surface area contributed by atoms with Gasteiger partial charge in [0.05, 0.1) is 16.6 Å². The smallest absolute Gasteiger partial charge is 0.251 e. The van der Waals surface area contributed by atoms with Crippen molar-refractivity contribution in [3.63, 3.8) is 0 Å². The number of halogens is 1. The molecule has 0 aliphatic carbocycles. The van der Waals surface area contributed by atoms with E-state index in [4.69, 9.17) is 0 Å². The zero-order chi connectivity index (χ0) is 17.7. The highest BCUT2D eigenvalue weighted by Gasteiger charge is 2.21. The lowest BCUT2D eigenvalue weighted by Crippen LogP contribution is -2.26. The first-order chi connectivity index (χ1) is 11.4. The van der Waals surface area contributed by atoms with Crippen molar-refractivity contribution in [1.82, 2.24) is 9.97 Å². The van der Waals surface area contributed by atoms with Crippen molar-refractivity contribution in [3.8, 4) is 0 Å². The van der Waals surface area contributed by atoms with Gasteiger partial charge in [-0.3, -0.25) is 9.59 Å². The van der Waals surface area contributed by atoms with Crippen LogP contribution in [0.3, 0.4) is 0 Å². The Bertz CT molecular complexity index is 776. The summed E-state index contributed by atoms with van der Waals surface area (Å²) in [5.41, 5.74) is 0.560. The number of anilines is 1. The lowest BCUT2D eigenvalue weighted by Gasteiger charge is -2.15. The van der Waals surface area contributed by atoms with Gasteiger partial charge < -0.3 is 10.3 Å². The Balaban J connectivity index is 2.16. The zero-order valence-corrected chi connectivity index (χ0v) is 14.6. The first kappa shape index (κ1) is 18.2. The number of para-hydroxylation sites is 1. The fraction of sp³-hybridized carbons (Fsp3) is 0.353. The maximum atomic E-state index is 13.7. The largest absolute Gasteiger partial charge is 0.323 e. The van der Waals surface area contributed by atoms with Crippen LogP contribution in [0, 0.1) is 5.82 Å². The Kier molecular flexibility index (Phi) is 6.14. The number of carbonyl (C=O) groups is 1. The average molecular weight is 349 g/mol. The molecule has 2 rings (SSSR count). The summed E-state index contributed by atoms with van der Waals surface area (Å²) in [7, 11) is 0. The minimum absolute atomic E-state index is 0.110.